The molecule has 2 N–H and O–H groups in total. The van der Waals surface area contributed by atoms with Crippen LogP contribution in [-0.2, 0) is 10.5 Å². The number of pyridine rings is 1. The number of nitrogens with zero attached hydrogens (tertiary/aromatic N) is 1. The predicted molar refractivity (Wildman–Crippen MR) is 114 cm³/mol. The average Bonchev–Trinajstić information content (AvgIpc) is 3.14. The van der Waals surface area contributed by atoms with E-state index in [2.05, 4.69) is 33.8 Å². The molecule has 7 heteroatoms. The molecule has 26 heavy (non-hydrogen) atoms. The zero-order valence-electron chi connectivity index (χ0n) is 14.5. The third kappa shape index (κ3) is 7.54. The summed E-state index contributed by atoms with van der Waals surface area (Å²) in [4.78, 5) is 17.3. The Morgan fingerprint density at radius 1 is 1.23 bits per heavy atom. The van der Waals surface area contributed by atoms with Gasteiger partial charge in [0.15, 0.2) is 0 Å². The summed E-state index contributed by atoms with van der Waals surface area (Å²) in [6.45, 7) is 1.09. The maximum atomic E-state index is 12.0. The van der Waals surface area contributed by atoms with Crippen molar-refractivity contribution in [2.45, 2.75) is 42.4 Å². The summed E-state index contributed by atoms with van der Waals surface area (Å²) in [5, 5.41) is 6.40. The van der Waals surface area contributed by atoms with Gasteiger partial charge in [0, 0.05) is 41.2 Å². The van der Waals surface area contributed by atoms with Crippen LogP contribution in [0.5, 0.6) is 0 Å². The molecule has 1 aliphatic rings. The second kappa shape index (κ2) is 12.2. The van der Waals surface area contributed by atoms with Crippen molar-refractivity contribution in [3.8, 4) is 0 Å². The monoisotopic (exact) mass is 413 g/mol. The summed E-state index contributed by atoms with van der Waals surface area (Å²) in [5.74, 6) is 0.993. The SMILES string of the molecule is Cl.Cl.O=C(CCC1CCCN1)Nc1ccc(SCc2cccnc2)cc1. The summed E-state index contributed by atoms with van der Waals surface area (Å²) >= 11 is 1.77. The van der Waals surface area contributed by atoms with Gasteiger partial charge in [0.05, 0.1) is 0 Å². The number of halogens is 2. The Balaban J connectivity index is 0.00000169. The number of amides is 1. The second-order valence-corrected chi connectivity index (χ2v) is 7.10. The number of aromatic nitrogens is 1. The van der Waals surface area contributed by atoms with Crippen molar-refractivity contribution in [2.75, 3.05) is 11.9 Å². The number of benzene rings is 1. The van der Waals surface area contributed by atoms with E-state index in [9.17, 15) is 4.79 Å². The van der Waals surface area contributed by atoms with Gasteiger partial charge in [-0.3, -0.25) is 9.78 Å². The fraction of sp³-hybridized carbons (Fsp3) is 0.368. The molecule has 0 radical (unpaired) electrons. The normalized spacial score (nSPS) is 15.6. The van der Waals surface area contributed by atoms with Gasteiger partial charge in [0.2, 0.25) is 5.91 Å². The minimum absolute atomic E-state index is 0. The number of hydrogen-bond donors (Lipinski definition) is 2. The van der Waals surface area contributed by atoms with Crippen LogP contribution in [0.1, 0.15) is 31.2 Å². The van der Waals surface area contributed by atoms with Crippen LogP contribution in [0, 0.1) is 0 Å². The third-order valence-corrected chi connectivity index (χ3v) is 5.23. The molecule has 1 atom stereocenters. The van der Waals surface area contributed by atoms with Gasteiger partial charge in [0.25, 0.3) is 0 Å². The molecule has 2 heterocycles. The van der Waals surface area contributed by atoms with E-state index < -0.39 is 0 Å². The summed E-state index contributed by atoms with van der Waals surface area (Å²) in [6, 6.07) is 12.6. The van der Waals surface area contributed by atoms with E-state index in [0.717, 1.165) is 24.4 Å². The van der Waals surface area contributed by atoms with E-state index >= 15 is 0 Å². The van der Waals surface area contributed by atoms with Crippen LogP contribution in [0.2, 0.25) is 0 Å². The van der Waals surface area contributed by atoms with Gasteiger partial charge in [-0.2, -0.15) is 0 Å². The van der Waals surface area contributed by atoms with Gasteiger partial charge in [-0.1, -0.05) is 6.07 Å². The van der Waals surface area contributed by atoms with Gasteiger partial charge >= 0.3 is 0 Å². The fourth-order valence-electron chi connectivity index (χ4n) is 2.82. The first-order valence-electron chi connectivity index (χ1n) is 8.44. The van der Waals surface area contributed by atoms with Crippen LogP contribution < -0.4 is 10.6 Å². The Hall–Kier alpha value is -1.27. The number of rotatable bonds is 7. The Labute approximate surface area is 171 Å². The predicted octanol–water partition coefficient (Wildman–Crippen LogP) is 4.69. The van der Waals surface area contributed by atoms with Crippen LogP contribution in [0.15, 0.2) is 53.7 Å². The van der Waals surface area contributed by atoms with Crippen molar-refractivity contribution in [3.05, 3.63) is 54.4 Å². The molecule has 1 unspecified atom stereocenters. The Morgan fingerprint density at radius 3 is 2.69 bits per heavy atom. The van der Waals surface area contributed by atoms with E-state index in [-0.39, 0.29) is 30.7 Å². The quantitative estimate of drug-likeness (QED) is 0.646. The summed E-state index contributed by atoms with van der Waals surface area (Å²) in [6.07, 6.45) is 7.59. The lowest BCUT2D eigenvalue weighted by Gasteiger charge is -2.10. The molecule has 0 spiro atoms. The van der Waals surface area contributed by atoms with Crippen molar-refractivity contribution in [1.29, 1.82) is 0 Å². The lowest BCUT2D eigenvalue weighted by atomic mass is 10.1. The van der Waals surface area contributed by atoms with Crippen molar-refractivity contribution in [1.82, 2.24) is 10.3 Å². The summed E-state index contributed by atoms with van der Waals surface area (Å²) in [5.41, 5.74) is 2.07. The number of carbonyl (C=O) groups is 1. The van der Waals surface area contributed by atoms with Crippen LogP contribution in [0.25, 0.3) is 0 Å². The molecule has 1 amide bonds. The molecule has 0 aliphatic carbocycles. The van der Waals surface area contributed by atoms with Gasteiger partial charge < -0.3 is 10.6 Å². The standard InChI is InChI=1S/C19H23N3OS.2ClH/c23-19(10-7-16-4-2-12-21-16)22-17-5-8-18(9-6-17)24-14-15-3-1-11-20-13-15;;/h1,3,5-6,8-9,11,13,16,21H,2,4,7,10,12,14H2,(H,22,23);2*1H. The van der Waals surface area contributed by atoms with Crippen molar-refractivity contribution in [3.63, 3.8) is 0 Å². The second-order valence-electron chi connectivity index (χ2n) is 6.05. The fourth-order valence-corrected chi connectivity index (χ4v) is 3.65. The highest BCUT2D eigenvalue weighted by Crippen LogP contribution is 2.24. The molecule has 1 fully saturated rings. The highest BCUT2D eigenvalue weighted by atomic mass is 35.5. The van der Waals surface area contributed by atoms with Crippen molar-refractivity contribution < 1.29 is 4.79 Å². The topological polar surface area (TPSA) is 54.0 Å². The molecule has 0 saturated carbocycles. The maximum absolute atomic E-state index is 12.0. The largest absolute Gasteiger partial charge is 0.326 e. The Morgan fingerprint density at radius 2 is 2.04 bits per heavy atom. The molecular formula is C19H25Cl2N3OS. The lowest BCUT2D eigenvalue weighted by Crippen LogP contribution is -2.23. The van der Waals surface area contributed by atoms with Crippen LogP contribution in [-0.4, -0.2) is 23.5 Å². The van der Waals surface area contributed by atoms with Crippen molar-refractivity contribution >= 4 is 48.2 Å². The first-order valence-corrected chi connectivity index (χ1v) is 9.43. The number of hydrogen-bond acceptors (Lipinski definition) is 4. The summed E-state index contributed by atoms with van der Waals surface area (Å²) in [7, 11) is 0. The van der Waals surface area contributed by atoms with Crippen LogP contribution in [0.4, 0.5) is 5.69 Å². The minimum Gasteiger partial charge on any atom is -0.326 e. The zero-order chi connectivity index (χ0) is 16.6. The van der Waals surface area contributed by atoms with Crippen molar-refractivity contribution in [2.24, 2.45) is 0 Å². The first-order chi connectivity index (χ1) is 11.8. The van der Waals surface area contributed by atoms with E-state index in [4.69, 9.17) is 0 Å². The molecule has 1 aliphatic heterocycles. The van der Waals surface area contributed by atoms with Crippen LogP contribution >= 0.6 is 36.6 Å². The van der Waals surface area contributed by atoms with Gasteiger partial charge in [-0.15, -0.1) is 36.6 Å². The molecule has 1 aromatic carbocycles. The Kier molecular flexibility index (Phi) is 10.7. The number of anilines is 1. The highest BCUT2D eigenvalue weighted by Gasteiger charge is 2.15. The Bertz CT molecular complexity index is 650. The van der Waals surface area contributed by atoms with Gasteiger partial charge in [-0.25, -0.2) is 0 Å². The smallest absolute Gasteiger partial charge is 0.224 e. The zero-order valence-corrected chi connectivity index (χ0v) is 17.0. The van der Waals surface area contributed by atoms with Gasteiger partial charge in [-0.05, 0) is 61.7 Å². The molecule has 1 aromatic heterocycles. The number of nitrogens with one attached hydrogen (secondary N) is 2. The van der Waals surface area contributed by atoms with Gasteiger partial charge in [0.1, 0.15) is 0 Å². The molecular weight excluding hydrogens is 389 g/mol. The molecule has 142 valence electrons. The van der Waals surface area contributed by atoms with E-state index in [1.165, 1.54) is 23.3 Å². The molecule has 2 aromatic rings. The highest BCUT2D eigenvalue weighted by molar-refractivity contribution is 7.98. The first kappa shape index (κ1) is 22.8. The maximum Gasteiger partial charge on any atom is 0.224 e. The molecule has 3 rings (SSSR count). The van der Waals surface area contributed by atoms with E-state index in [1.807, 2.05) is 24.4 Å². The summed E-state index contributed by atoms with van der Waals surface area (Å²) < 4.78 is 0. The van der Waals surface area contributed by atoms with E-state index in [0.29, 0.717) is 12.5 Å². The number of thioether (sulfide) groups is 1. The molecule has 0 bridgehead atoms. The number of carbonyl (C=O) groups excluding carboxylic acids is 1. The molecule has 4 nitrogen and oxygen atoms in total. The van der Waals surface area contributed by atoms with E-state index in [1.54, 1.807) is 18.0 Å². The lowest BCUT2D eigenvalue weighted by molar-refractivity contribution is -0.116. The third-order valence-electron chi connectivity index (χ3n) is 4.15. The average molecular weight is 414 g/mol. The van der Waals surface area contributed by atoms with Crippen LogP contribution in [0.3, 0.4) is 0 Å². The molecule has 1 saturated heterocycles. The minimum atomic E-state index is 0.